The second-order valence-corrected chi connectivity index (χ2v) is 11.3. The number of methoxy groups -OCH3 is 2. The third-order valence-electron chi connectivity index (χ3n) is 7.98. The summed E-state index contributed by atoms with van der Waals surface area (Å²) in [5, 5.41) is 11.8. The number of aliphatic hydroxyl groups is 1. The van der Waals surface area contributed by atoms with Gasteiger partial charge in [-0.1, -0.05) is 0 Å². The van der Waals surface area contributed by atoms with Gasteiger partial charge in [0.2, 0.25) is 0 Å². The van der Waals surface area contributed by atoms with E-state index in [2.05, 4.69) is 9.88 Å². The number of aliphatic hydroxyl groups excluding tert-OH is 1. The molecule has 196 valence electrons. The zero-order chi connectivity index (χ0) is 25.8. The van der Waals surface area contributed by atoms with E-state index < -0.39 is 29.9 Å². The van der Waals surface area contributed by atoms with Gasteiger partial charge in [0, 0.05) is 42.9 Å². The van der Waals surface area contributed by atoms with Crippen molar-refractivity contribution in [3.8, 4) is 5.75 Å². The van der Waals surface area contributed by atoms with Gasteiger partial charge in [-0.25, -0.2) is 4.79 Å². The van der Waals surface area contributed by atoms with Crippen LogP contribution in [-0.2, 0) is 25.4 Å². The van der Waals surface area contributed by atoms with E-state index in [1.54, 1.807) is 33.9 Å². The lowest BCUT2D eigenvalue weighted by Gasteiger charge is -2.52. The molecule has 6 atom stereocenters. The molecule has 2 aliphatic heterocycles. The Morgan fingerprint density at radius 2 is 1.94 bits per heavy atom. The maximum atomic E-state index is 12.8. The number of aromatic amines is 1. The molecule has 5 rings (SSSR count). The fourth-order valence-corrected chi connectivity index (χ4v) is 6.57. The Bertz CT molecular complexity index is 1150. The molecule has 1 saturated heterocycles. The van der Waals surface area contributed by atoms with Crippen LogP contribution >= 0.6 is 0 Å². The molecule has 6 unspecified atom stereocenters. The molecule has 3 aliphatic rings. The summed E-state index contributed by atoms with van der Waals surface area (Å²) in [7, 11) is 2.94. The van der Waals surface area contributed by atoms with E-state index in [-0.39, 0.29) is 23.8 Å². The number of nitrogens with one attached hydrogen (secondary N) is 1. The molecule has 1 saturated carbocycles. The Kier molecular flexibility index (Phi) is 6.51. The standard InChI is InChI=1S/C27H36N2O7/c1-27(2,3)36-26(32)35-15-6-7-16-17-8-9-29-13-14-10-21(30)24(33-4)22(25(31)34-5)18(14)12-20(29)23(17)28-19(16)11-15/h6-7,11,14,18,20-22,24,28,30H,8-10,12-13H2,1-5H3. The number of carbonyl (C=O) groups excluding carboxylic acids is 2. The smallest absolute Gasteiger partial charge is 0.469 e. The van der Waals surface area contributed by atoms with Crippen molar-refractivity contribution in [2.24, 2.45) is 17.8 Å². The van der Waals surface area contributed by atoms with Crippen LogP contribution in [0.1, 0.15) is 50.9 Å². The number of aromatic nitrogens is 1. The largest absolute Gasteiger partial charge is 0.514 e. The van der Waals surface area contributed by atoms with Crippen LogP contribution in [0.15, 0.2) is 18.2 Å². The molecule has 2 aromatic rings. The van der Waals surface area contributed by atoms with Crippen LogP contribution in [-0.4, -0.2) is 72.2 Å². The number of ether oxygens (including phenoxy) is 4. The molecule has 3 heterocycles. The first-order valence-electron chi connectivity index (χ1n) is 12.7. The zero-order valence-electron chi connectivity index (χ0n) is 21.6. The number of benzene rings is 1. The third kappa shape index (κ3) is 4.48. The van der Waals surface area contributed by atoms with Gasteiger partial charge in [-0.3, -0.25) is 9.69 Å². The Balaban J connectivity index is 1.43. The Morgan fingerprint density at radius 3 is 2.64 bits per heavy atom. The second kappa shape index (κ2) is 9.36. The van der Waals surface area contributed by atoms with E-state index in [9.17, 15) is 14.7 Å². The minimum Gasteiger partial charge on any atom is -0.469 e. The fraction of sp³-hybridized carbons (Fsp3) is 0.630. The van der Waals surface area contributed by atoms with Gasteiger partial charge in [-0.2, -0.15) is 0 Å². The summed E-state index contributed by atoms with van der Waals surface area (Å²) in [5.74, 6) is -0.145. The second-order valence-electron chi connectivity index (χ2n) is 11.3. The van der Waals surface area contributed by atoms with Crippen molar-refractivity contribution < 1.29 is 33.6 Å². The maximum absolute atomic E-state index is 12.8. The van der Waals surface area contributed by atoms with E-state index in [0.29, 0.717) is 12.2 Å². The lowest BCUT2D eigenvalue weighted by molar-refractivity contribution is -0.175. The van der Waals surface area contributed by atoms with Crippen LogP contribution < -0.4 is 4.74 Å². The van der Waals surface area contributed by atoms with Crippen molar-refractivity contribution >= 4 is 23.0 Å². The average Bonchev–Trinajstić information content (AvgIpc) is 3.18. The van der Waals surface area contributed by atoms with Gasteiger partial charge in [0.25, 0.3) is 0 Å². The number of hydrogen-bond acceptors (Lipinski definition) is 8. The summed E-state index contributed by atoms with van der Waals surface area (Å²) in [6.07, 6.45) is 0.309. The van der Waals surface area contributed by atoms with E-state index in [1.807, 2.05) is 12.1 Å². The highest BCUT2D eigenvalue weighted by molar-refractivity contribution is 5.87. The molecule has 1 aliphatic carbocycles. The van der Waals surface area contributed by atoms with E-state index >= 15 is 0 Å². The number of hydrogen-bond donors (Lipinski definition) is 2. The molecule has 36 heavy (non-hydrogen) atoms. The predicted octanol–water partition coefficient (Wildman–Crippen LogP) is 3.59. The van der Waals surface area contributed by atoms with Crippen LogP contribution in [0.4, 0.5) is 4.79 Å². The average molecular weight is 501 g/mol. The number of rotatable bonds is 3. The van der Waals surface area contributed by atoms with Crippen molar-refractivity contribution in [1.82, 2.24) is 9.88 Å². The maximum Gasteiger partial charge on any atom is 0.514 e. The monoisotopic (exact) mass is 500 g/mol. The molecule has 9 nitrogen and oxygen atoms in total. The Morgan fingerprint density at radius 1 is 1.17 bits per heavy atom. The van der Waals surface area contributed by atoms with E-state index in [0.717, 1.165) is 42.5 Å². The minimum absolute atomic E-state index is 0.0514. The number of H-pyrrole nitrogens is 1. The lowest BCUT2D eigenvalue weighted by atomic mass is 9.64. The van der Waals surface area contributed by atoms with Gasteiger partial charge >= 0.3 is 12.1 Å². The molecule has 1 aromatic carbocycles. The van der Waals surface area contributed by atoms with Crippen LogP contribution in [0.25, 0.3) is 10.9 Å². The molecule has 1 aromatic heterocycles. The number of fused-ring (bicyclic) bond motifs is 6. The van der Waals surface area contributed by atoms with Crippen molar-refractivity contribution in [3.05, 3.63) is 29.5 Å². The Hall–Kier alpha value is -2.62. The first kappa shape index (κ1) is 25.0. The number of carbonyl (C=O) groups is 2. The zero-order valence-corrected chi connectivity index (χ0v) is 21.6. The third-order valence-corrected chi connectivity index (χ3v) is 7.98. The van der Waals surface area contributed by atoms with Crippen LogP contribution in [0.2, 0.25) is 0 Å². The van der Waals surface area contributed by atoms with Gasteiger partial charge in [0.05, 0.1) is 31.3 Å². The molecule has 2 fully saturated rings. The van der Waals surface area contributed by atoms with Gasteiger partial charge in [0.1, 0.15) is 11.4 Å². The minimum atomic E-state index is -0.733. The van der Waals surface area contributed by atoms with Crippen molar-refractivity contribution in [1.29, 1.82) is 0 Å². The summed E-state index contributed by atoms with van der Waals surface area (Å²) in [4.78, 5) is 31.0. The van der Waals surface area contributed by atoms with E-state index in [1.165, 1.54) is 12.7 Å². The molecule has 0 radical (unpaired) electrons. The van der Waals surface area contributed by atoms with Crippen molar-refractivity contribution in [2.45, 2.75) is 63.9 Å². The van der Waals surface area contributed by atoms with Gasteiger partial charge < -0.3 is 29.0 Å². The molecule has 0 spiro atoms. The summed E-state index contributed by atoms with van der Waals surface area (Å²) in [6.45, 7) is 7.12. The topological polar surface area (TPSA) is 110 Å². The predicted molar refractivity (Wildman–Crippen MR) is 132 cm³/mol. The Labute approximate surface area is 211 Å². The summed E-state index contributed by atoms with van der Waals surface area (Å²) in [5.41, 5.74) is 2.69. The van der Waals surface area contributed by atoms with Crippen molar-refractivity contribution in [3.63, 3.8) is 0 Å². The summed E-state index contributed by atoms with van der Waals surface area (Å²) >= 11 is 0. The summed E-state index contributed by atoms with van der Waals surface area (Å²) in [6, 6.07) is 5.74. The van der Waals surface area contributed by atoms with Crippen LogP contribution in [0.5, 0.6) is 5.75 Å². The molecular formula is C27H36N2O7. The lowest BCUT2D eigenvalue weighted by Crippen LogP contribution is -2.57. The first-order valence-corrected chi connectivity index (χ1v) is 12.7. The normalized spacial score (nSPS) is 30.2. The number of nitrogens with zero attached hydrogens (tertiary/aromatic N) is 1. The van der Waals surface area contributed by atoms with Gasteiger partial charge in [-0.05, 0) is 69.6 Å². The summed E-state index contributed by atoms with van der Waals surface area (Å²) < 4.78 is 21.4. The fourth-order valence-electron chi connectivity index (χ4n) is 6.57. The quantitative estimate of drug-likeness (QED) is 0.486. The molecule has 9 heteroatoms. The van der Waals surface area contributed by atoms with Crippen molar-refractivity contribution in [2.75, 3.05) is 27.3 Å². The van der Waals surface area contributed by atoms with Crippen LogP contribution in [0.3, 0.4) is 0 Å². The highest BCUT2D eigenvalue weighted by Crippen LogP contribution is 2.50. The van der Waals surface area contributed by atoms with Gasteiger partial charge in [0.15, 0.2) is 0 Å². The van der Waals surface area contributed by atoms with Gasteiger partial charge in [-0.15, -0.1) is 0 Å². The first-order chi connectivity index (χ1) is 17.1. The van der Waals surface area contributed by atoms with E-state index in [4.69, 9.17) is 18.9 Å². The number of esters is 1. The molecule has 0 bridgehead atoms. The number of piperidine rings is 1. The highest BCUT2D eigenvalue weighted by Gasteiger charge is 2.53. The molecule has 0 amide bonds. The highest BCUT2D eigenvalue weighted by atomic mass is 16.7. The SMILES string of the molecule is COC(=O)C1C2CC3c4[nH]c5cc(OC(=O)OC(C)(C)C)ccc5c4CCN3CC2CC(O)C1OC. The molecule has 2 N–H and O–H groups in total. The molecular weight excluding hydrogens is 464 g/mol. The van der Waals surface area contributed by atoms with Crippen LogP contribution in [0, 0.1) is 17.8 Å².